The van der Waals surface area contributed by atoms with Crippen LogP contribution in [0.25, 0.3) is 0 Å². The fourth-order valence-electron chi connectivity index (χ4n) is 6.22. The van der Waals surface area contributed by atoms with Gasteiger partial charge in [0.15, 0.2) is 0 Å². The molecule has 0 radical (unpaired) electrons. The molecule has 3 aliphatic rings. The minimum absolute atomic E-state index is 0.135. The van der Waals surface area contributed by atoms with Gasteiger partial charge in [0.25, 0.3) is 0 Å². The average Bonchev–Trinajstić information content (AvgIpc) is 2.71. The van der Waals surface area contributed by atoms with Crippen LogP contribution in [0.5, 0.6) is 0 Å². The van der Waals surface area contributed by atoms with E-state index in [2.05, 4.69) is 29.6 Å². The maximum atomic E-state index is 13.0. The van der Waals surface area contributed by atoms with Crippen molar-refractivity contribution in [3.63, 3.8) is 0 Å². The number of para-hydroxylation sites is 1. The summed E-state index contributed by atoms with van der Waals surface area (Å²) in [5.74, 6) is 0.918. The lowest BCUT2D eigenvalue weighted by Crippen LogP contribution is -2.55. The summed E-state index contributed by atoms with van der Waals surface area (Å²) in [7, 11) is 0. The van der Waals surface area contributed by atoms with Crippen molar-refractivity contribution in [2.75, 3.05) is 11.9 Å². The standard InChI is InChI=1S/C24H35NO2/c26-23-21(14-7-10-18-25-19-11-3-1-4-12-19)24(16-8-2-9-17-24)20-13-5-6-15-22(20)27-23/h1,3-4,11-12,20-22,25H,2,5-10,13-18H2/t20-,21-,22-/m1/s1. The minimum Gasteiger partial charge on any atom is -0.462 e. The molecule has 3 fully saturated rings. The lowest BCUT2D eigenvalue weighted by Gasteiger charge is -2.55. The van der Waals surface area contributed by atoms with Gasteiger partial charge in [-0.25, -0.2) is 0 Å². The Hall–Kier alpha value is -1.51. The van der Waals surface area contributed by atoms with Crippen LogP contribution >= 0.6 is 0 Å². The van der Waals surface area contributed by atoms with Crippen molar-refractivity contribution < 1.29 is 9.53 Å². The maximum absolute atomic E-state index is 13.0. The molecular formula is C24H35NO2. The normalized spacial score (nSPS) is 29.8. The molecule has 1 aromatic carbocycles. The van der Waals surface area contributed by atoms with Crippen molar-refractivity contribution in [3.8, 4) is 0 Å². The van der Waals surface area contributed by atoms with Crippen molar-refractivity contribution >= 4 is 11.7 Å². The van der Waals surface area contributed by atoms with E-state index in [1.165, 1.54) is 57.1 Å². The minimum atomic E-state index is 0.135. The molecular weight excluding hydrogens is 334 g/mol. The third kappa shape index (κ3) is 4.02. The molecule has 3 heteroatoms. The van der Waals surface area contributed by atoms with Gasteiger partial charge >= 0.3 is 5.97 Å². The number of ether oxygens (including phenoxy) is 1. The van der Waals surface area contributed by atoms with Crippen LogP contribution in [0.1, 0.15) is 77.0 Å². The lowest BCUT2D eigenvalue weighted by atomic mass is 9.53. The topological polar surface area (TPSA) is 38.3 Å². The summed E-state index contributed by atoms with van der Waals surface area (Å²) in [5.41, 5.74) is 1.44. The Morgan fingerprint density at radius 3 is 2.56 bits per heavy atom. The third-order valence-corrected chi connectivity index (χ3v) is 7.49. The van der Waals surface area contributed by atoms with Gasteiger partial charge in [0.1, 0.15) is 6.10 Å². The first-order valence-electron chi connectivity index (χ1n) is 11.3. The Morgan fingerprint density at radius 1 is 0.963 bits per heavy atom. The molecule has 1 spiro atoms. The van der Waals surface area contributed by atoms with Gasteiger partial charge in [0.05, 0.1) is 5.92 Å². The molecule has 1 heterocycles. The number of nitrogens with one attached hydrogen (secondary N) is 1. The Bertz CT molecular complexity index is 608. The van der Waals surface area contributed by atoms with E-state index in [0.29, 0.717) is 5.92 Å². The van der Waals surface area contributed by atoms with E-state index in [9.17, 15) is 4.79 Å². The molecule has 1 aromatic rings. The summed E-state index contributed by atoms with van der Waals surface area (Å²) in [5, 5.41) is 3.49. The average molecular weight is 370 g/mol. The first-order valence-corrected chi connectivity index (χ1v) is 11.3. The van der Waals surface area contributed by atoms with Crippen LogP contribution in [0.15, 0.2) is 30.3 Å². The number of hydrogen-bond donors (Lipinski definition) is 1. The zero-order valence-corrected chi connectivity index (χ0v) is 16.6. The zero-order chi connectivity index (χ0) is 18.5. The summed E-state index contributed by atoms with van der Waals surface area (Å²) in [6.45, 7) is 0.977. The van der Waals surface area contributed by atoms with Crippen LogP contribution < -0.4 is 5.32 Å². The highest BCUT2D eigenvalue weighted by atomic mass is 16.5. The van der Waals surface area contributed by atoms with Gasteiger partial charge in [-0.1, -0.05) is 50.3 Å². The number of anilines is 1. The SMILES string of the molecule is O=C1O[C@@H]2CCCC[C@H]2C2(CCCCC2)[C@@H]1CCCCNc1ccccc1. The Morgan fingerprint density at radius 2 is 1.74 bits per heavy atom. The van der Waals surface area contributed by atoms with E-state index >= 15 is 0 Å². The molecule has 1 N–H and O–H groups in total. The highest BCUT2D eigenvalue weighted by molar-refractivity contribution is 5.75. The second kappa shape index (κ2) is 8.67. The van der Waals surface area contributed by atoms with Crippen molar-refractivity contribution in [1.82, 2.24) is 0 Å². The number of benzene rings is 1. The molecule has 1 saturated heterocycles. The Kier molecular flexibility index (Phi) is 6.04. The number of hydrogen-bond acceptors (Lipinski definition) is 3. The summed E-state index contributed by atoms with van der Waals surface area (Å²) in [6, 6.07) is 10.4. The van der Waals surface area contributed by atoms with E-state index in [1.807, 2.05) is 6.07 Å². The van der Waals surface area contributed by atoms with Gasteiger partial charge in [-0.3, -0.25) is 4.79 Å². The fourth-order valence-corrected chi connectivity index (χ4v) is 6.22. The molecule has 3 nitrogen and oxygen atoms in total. The molecule has 2 aliphatic carbocycles. The van der Waals surface area contributed by atoms with Gasteiger partial charge < -0.3 is 10.1 Å². The number of carbonyl (C=O) groups is 1. The molecule has 0 amide bonds. The number of esters is 1. The van der Waals surface area contributed by atoms with Crippen molar-refractivity contribution in [1.29, 1.82) is 0 Å². The second-order valence-electron chi connectivity index (χ2n) is 9.00. The van der Waals surface area contributed by atoms with Crippen molar-refractivity contribution in [2.45, 2.75) is 83.2 Å². The molecule has 0 unspecified atom stereocenters. The van der Waals surface area contributed by atoms with Gasteiger partial charge in [-0.2, -0.15) is 0 Å². The van der Waals surface area contributed by atoms with Crippen LogP contribution in [0.3, 0.4) is 0 Å². The molecule has 0 bridgehead atoms. The molecule has 3 atom stereocenters. The van der Waals surface area contributed by atoms with E-state index in [-0.39, 0.29) is 23.4 Å². The number of carbonyl (C=O) groups excluding carboxylic acids is 1. The number of unbranched alkanes of at least 4 members (excludes halogenated alkanes) is 1. The molecule has 148 valence electrons. The fraction of sp³-hybridized carbons (Fsp3) is 0.708. The predicted octanol–water partition coefficient (Wildman–Crippen LogP) is 5.95. The smallest absolute Gasteiger partial charge is 0.309 e. The van der Waals surface area contributed by atoms with Crippen LogP contribution in [-0.2, 0) is 9.53 Å². The van der Waals surface area contributed by atoms with E-state index in [0.717, 1.165) is 32.2 Å². The monoisotopic (exact) mass is 369 g/mol. The largest absolute Gasteiger partial charge is 0.462 e. The zero-order valence-electron chi connectivity index (χ0n) is 16.6. The molecule has 0 aromatic heterocycles. The van der Waals surface area contributed by atoms with Gasteiger partial charge in [0.2, 0.25) is 0 Å². The van der Waals surface area contributed by atoms with Gasteiger partial charge in [0, 0.05) is 18.2 Å². The highest BCUT2D eigenvalue weighted by Gasteiger charge is 2.56. The predicted molar refractivity (Wildman–Crippen MR) is 110 cm³/mol. The lowest BCUT2D eigenvalue weighted by molar-refractivity contribution is -0.196. The highest BCUT2D eigenvalue weighted by Crippen LogP contribution is 2.57. The van der Waals surface area contributed by atoms with Gasteiger partial charge in [-0.15, -0.1) is 0 Å². The van der Waals surface area contributed by atoms with Gasteiger partial charge in [-0.05, 0) is 62.5 Å². The summed E-state index contributed by atoms with van der Waals surface area (Å²) in [6.07, 6.45) is 14.9. The number of fused-ring (bicyclic) bond motifs is 2. The first kappa shape index (κ1) is 18.8. The molecule has 4 rings (SSSR count). The summed E-state index contributed by atoms with van der Waals surface area (Å²) in [4.78, 5) is 13.0. The Balaban J connectivity index is 1.36. The summed E-state index contributed by atoms with van der Waals surface area (Å²) >= 11 is 0. The second-order valence-corrected chi connectivity index (χ2v) is 9.00. The third-order valence-electron chi connectivity index (χ3n) is 7.49. The Labute approximate surface area is 164 Å². The van der Waals surface area contributed by atoms with Crippen LogP contribution in [0.2, 0.25) is 0 Å². The van der Waals surface area contributed by atoms with Crippen LogP contribution in [-0.4, -0.2) is 18.6 Å². The van der Waals surface area contributed by atoms with E-state index in [1.54, 1.807) is 0 Å². The summed E-state index contributed by atoms with van der Waals surface area (Å²) < 4.78 is 6.00. The molecule has 2 saturated carbocycles. The van der Waals surface area contributed by atoms with Crippen LogP contribution in [0.4, 0.5) is 5.69 Å². The number of rotatable bonds is 6. The molecule has 27 heavy (non-hydrogen) atoms. The van der Waals surface area contributed by atoms with Crippen molar-refractivity contribution in [3.05, 3.63) is 30.3 Å². The van der Waals surface area contributed by atoms with Crippen molar-refractivity contribution in [2.24, 2.45) is 17.3 Å². The van der Waals surface area contributed by atoms with E-state index < -0.39 is 0 Å². The molecule has 1 aliphatic heterocycles. The van der Waals surface area contributed by atoms with Crippen LogP contribution in [0, 0.1) is 17.3 Å². The quantitative estimate of drug-likeness (QED) is 0.497. The first-order chi connectivity index (χ1) is 13.3. The van der Waals surface area contributed by atoms with E-state index in [4.69, 9.17) is 4.74 Å². The maximum Gasteiger partial charge on any atom is 0.309 e.